The van der Waals surface area contributed by atoms with Crippen molar-refractivity contribution in [3.8, 4) is 5.75 Å². The molecule has 7 heteroatoms. The Morgan fingerprint density at radius 2 is 2.36 bits per heavy atom. The summed E-state index contributed by atoms with van der Waals surface area (Å²) >= 11 is 6.42. The summed E-state index contributed by atoms with van der Waals surface area (Å²) in [5.74, 6) is 0.910. The largest absolute Gasteiger partial charge is 0.497 e. The predicted octanol–water partition coefficient (Wildman–Crippen LogP) is 1.68. The molecule has 0 atom stereocenters. The smallest absolute Gasteiger partial charge is 0.244 e. The molecule has 2 amide bonds. The highest BCUT2D eigenvalue weighted by Gasteiger charge is 2.25. The first-order valence-electron chi connectivity index (χ1n) is 6.67. The van der Waals surface area contributed by atoms with Crippen LogP contribution in [-0.2, 0) is 9.59 Å². The Kier molecular flexibility index (Phi) is 5.97. The molecule has 0 radical (unpaired) electrons. The highest BCUT2D eigenvalue weighted by atomic mass is 32.2. The molecule has 0 aromatic heterocycles. The van der Waals surface area contributed by atoms with Gasteiger partial charge in [-0.1, -0.05) is 36.1 Å². The first kappa shape index (κ1) is 16.5. The number of thiocarbonyl (C=S) groups is 1. The van der Waals surface area contributed by atoms with Crippen LogP contribution in [0.15, 0.2) is 30.3 Å². The number of carbonyl (C=O) groups excluding carboxylic acids is 2. The Balaban J connectivity index is 1.79. The summed E-state index contributed by atoms with van der Waals surface area (Å²) in [5, 5.41) is 2.73. The van der Waals surface area contributed by atoms with E-state index < -0.39 is 0 Å². The first-order chi connectivity index (χ1) is 10.6. The molecular weight excluding hydrogens is 320 g/mol. The standard InChI is InChI=1S/C15H16N2O3S2/c1-20-12-4-2-3-11(9-12)5-6-13(18)16-7-8-17-14(19)10-22-15(17)21/h2-6,9H,7-8,10H2,1H3,(H,16,18)/b6-5+. The fourth-order valence-electron chi connectivity index (χ4n) is 1.86. The van der Waals surface area contributed by atoms with Gasteiger partial charge in [-0.3, -0.25) is 14.5 Å². The van der Waals surface area contributed by atoms with E-state index in [2.05, 4.69) is 5.32 Å². The van der Waals surface area contributed by atoms with E-state index >= 15 is 0 Å². The summed E-state index contributed by atoms with van der Waals surface area (Å²) in [4.78, 5) is 24.8. The van der Waals surface area contributed by atoms with Crippen molar-refractivity contribution in [2.24, 2.45) is 0 Å². The maximum absolute atomic E-state index is 11.7. The lowest BCUT2D eigenvalue weighted by Crippen LogP contribution is -2.36. The van der Waals surface area contributed by atoms with Gasteiger partial charge in [-0.2, -0.15) is 0 Å². The van der Waals surface area contributed by atoms with Crippen molar-refractivity contribution in [3.05, 3.63) is 35.9 Å². The van der Waals surface area contributed by atoms with Gasteiger partial charge in [-0.05, 0) is 23.8 Å². The number of nitrogens with one attached hydrogen (secondary N) is 1. The molecule has 0 aliphatic carbocycles. The number of carbonyl (C=O) groups is 2. The molecule has 1 aromatic rings. The van der Waals surface area contributed by atoms with E-state index in [1.807, 2.05) is 24.3 Å². The van der Waals surface area contributed by atoms with E-state index in [9.17, 15) is 9.59 Å². The number of rotatable bonds is 6. The van der Waals surface area contributed by atoms with Crippen molar-refractivity contribution in [3.63, 3.8) is 0 Å². The molecule has 1 N–H and O–H groups in total. The normalized spacial score (nSPS) is 14.7. The van der Waals surface area contributed by atoms with Crippen LogP contribution in [0.25, 0.3) is 6.08 Å². The van der Waals surface area contributed by atoms with E-state index in [1.54, 1.807) is 13.2 Å². The second kappa shape index (κ2) is 7.95. The van der Waals surface area contributed by atoms with E-state index in [1.165, 1.54) is 22.7 Å². The van der Waals surface area contributed by atoms with Crippen LogP contribution in [0.4, 0.5) is 0 Å². The minimum atomic E-state index is -0.215. The Morgan fingerprint density at radius 3 is 3.05 bits per heavy atom. The Bertz CT molecular complexity index is 601. The Morgan fingerprint density at radius 1 is 1.55 bits per heavy atom. The average molecular weight is 336 g/mol. The topological polar surface area (TPSA) is 58.6 Å². The number of hydrogen-bond donors (Lipinski definition) is 1. The monoisotopic (exact) mass is 336 g/mol. The fourth-order valence-corrected chi connectivity index (χ4v) is 2.99. The summed E-state index contributed by atoms with van der Waals surface area (Å²) < 4.78 is 5.69. The minimum absolute atomic E-state index is 0.00354. The van der Waals surface area contributed by atoms with Gasteiger partial charge in [-0.25, -0.2) is 0 Å². The molecule has 1 aliphatic rings. The summed E-state index contributed by atoms with van der Waals surface area (Å²) in [6.07, 6.45) is 3.16. The van der Waals surface area contributed by atoms with Gasteiger partial charge in [0.1, 0.15) is 10.1 Å². The number of nitrogens with zero attached hydrogens (tertiary/aromatic N) is 1. The average Bonchev–Trinajstić information content (AvgIpc) is 2.85. The minimum Gasteiger partial charge on any atom is -0.497 e. The maximum atomic E-state index is 11.7. The molecule has 0 saturated carbocycles. The summed E-state index contributed by atoms with van der Waals surface area (Å²) in [7, 11) is 1.60. The number of thioether (sulfide) groups is 1. The lowest BCUT2D eigenvalue weighted by molar-refractivity contribution is -0.124. The van der Waals surface area contributed by atoms with Crippen molar-refractivity contribution < 1.29 is 14.3 Å². The van der Waals surface area contributed by atoms with Crippen molar-refractivity contribution in [1.29, 1.82) is 0 Å². The van der Waals surface area contributed by atoms with Gasteiger partial charge in [0.05, 0.1) is 12.9 Å². The molecule has 22 heavy (non-hydrogen) atoms. The molecule has 1 aromatic carbocycles. The highest BCUT2D eigenvalue weighted by molar-refractivity contribution is 8.23. The Hall–Kier alpha value is -1.86. The fraction of sp³-hybridized carbons (Fsp3) is 0.267. The summed E-state index contributed by atoms with van der Waals surface area (Å²) in [6, 6.07) is 7.41. The third-order valence-electron chi connectivity index (χ3n) is 3.00. The van der Waals surface area contributed by atoms with Crippen LogP contribution in [0.2, 0.25) is 0 Å². The van der Waals surface area contributed by atoms with Gasteiger partial charge < -0.3 is 10.1 Å². The summed E-state index contributed by atoms with van der Waals surface area (Å²) in [6.45, 7) is 0.775. The van der Waals surface area contributed by atoms with E-state index in [-0.39, 0.29) is 11.8 Å². The van der Waals surface area contributed by atoms with E-state index in [0.29, 0.717) is 23.2 Å². The van der Waals surface area contributed by atoms with Gasteiger partial charge in [0.2, 0.25) is 11.8 Å². The SMILES string of the molecule is COc1cccc(/C=C/C(=O)NCCN2C(=O)CSC2=S)c1. The van der Waals surface area contributed by atoms with Crippen molar-refractivity contribution in [1.82, 2.24) is 10.2 Å². The number of benzene rings is 1. The first-order valence-corrected chi connectivity index (χ1v) is 8.06. The molecular formula is C15H16N2O3S2. The van der Waals surface area contributed by atoms with E-state index in [4.69, 9.17) is 17.0 Å². The van der Waals surface area contributed by atoms with Gasteiger partial charge >= 0.3 is 0 Å². The summed E-state index contributed by atoms with van der Waals surface area (Å²) in [5.41, 5.74) is 0.877. The lowest BCUT2D eigenvalue weighted by atomic mass is 10.2. The van der Waals surface area contributed by atoms with Gasteiger partial charge in [0, 0.05) is 19.2 Å². The van der Waals surface area contributed by atoms with Crippen LogP contribution in [-0.4, -0.2) is 47.0 Å². The van der Waals surface area contributed by atoms with Crippen LogP contribution in [0.3, 0.4) is 0 Å². The van der Waals surface area contributed by atoms with Crippen molar-refractivity contribution >= 4 is 46.2 Å². The van der Waals surface area contributed by atoms with Gasteiger partial charge in [0.15, 0.2) is 0 Å². The lowest BCUT2D eigenvalue weighted by Gasteiger charge is -2.14. The van der Waals surface area contributed by atoms with Crippen LogP contribution in [0, 0.1) is 0 Å². The van der Waals surface area contributed by atoms with Gasteiger partial charge in [-0.15, -0.1) is 0 Å². The molecule has 1 aliphatic heterocycles. The van der Waals surface area contributed by atoms with Crippen molar-refractivity contribution in [2.75, 3.05) is 26.0 Å². The van der Waals surface area contributed by atoms with Gasteiger partial charge in [0.25, 0.3) is 0 Å². The molecule has 5 nitrogen and oxygen atoms in total. The molecule has 116 valence electrons. The van der Waals surface area contributed by atoms with Crippen molar-refractivity contribution in [2.45, 2.75) is 0 Å². The molecule has 0 spiro atoms. The molecule has 1 heterocycles. The zero-order chi connectivity index (χ0) is 15.9. The van der Waals surface area contributed by atoms with Crippen LogP contribution < -0.4 is 10.1 Å². The molecule has 2 rings (SSSR count). The second-order valence-electron chi connectivity index (χ2n) is 4.50. The Labute approximate surface area is 138 Å². The highest BCUT2D eigenvalue weighted by Crippen LogP contribution is 2.18. The quantitative estimate of drug-likeness (QED) is 0.633. The van der Waals surface area contributed by atoms with Crippen LogP contribution in [0.5, 0.6) is 5.75 Å². The number of ether oxygens (including phenoxy) is 1. The van der Waals surface area contributed by atoms with Crippen LogP contribution >= 0.6 is 24.0 Å². The third kappa shape index (κ3) is 4.57. The zero-order valence-electron chi connectivity index (χ0n) is 12.1. The number of hydrogen-bond acceptors (Lipinski definition) is 5. The second-order valence-corrected chi connectivity index (χ2v) is 6.11. The zero-order valence-corrected chi connectivity index (χ0v) is 13.7. The predicted molar refractivity (Wildman–Crippen MR) is 91.8 cm³/mol. The molecule has 0 bridgehead atoms. The number of methoxy groups -OCH3 is 1. The molecule has 1 fully saturated rings. The third-order valence-corrected chi connectivity index (χ3v) is 4.43. The molecule has 0 unspecified atom stereocenters. The molecule has 1 saturated heterocycles. The maximum Gasteiger partial charge on any atom is 0.244 e. The van der Waals surface area contributed by atoms with Crippen LogP contribution in [0.1, 0.15) is 5.56 Å². The number of amides is 2. The van der Waals surface area contributed by atoms with E-state index in [0.717, 1.165) is 11.3 Å².